The topological polar surface area (TPSA) is 114 Å². The maximum atomic E-state index is 12.9. The summed E-state index contributed by atoms with van der Waals surface area (Å²) < 4.78 is 33.0. The van der Waals surface area contributed by atoms with E-state index in [1.54, 1.807) is 18.7 Å². The molecule has 0 aliphatic carbocycles. The summed E-state index contributed by atoms with van der Waals surface area (Å²) in [5.74, 6) is 1.70. The number of hydrogen-bond donors (Lipinski definition) is 0. The SMILES string of the molecule is Cc1noc(C)c1C(=O)N1CCn2c(nnc2C2CCCCN2S(C)(=O)=O)C1. The zero-order valence-electron chi connectivity index (χ0n) is 16.3. The molecule has 4 rings (SSSR count). The number of carbonyl (C=O) groups is 1. The third kappa shape index (κ3) is 3.22. The number of hydrogen-bond acceptors (Lipinski definition) is 7. The lowest BCUT2D eigenvalue weighted by Gasteiger charge is -2.34. The molecule has 2 aromatic rings. The fourth-order valence-corrected chi connectivity index (χ4v) is 5.23. The first-order valence-corrected chi connectivity index (χ1v) is 11.2. The van der Waals surface area contributed by atoms with Gasteiger partial charge < -0.3 is 14.0 Å². The number of aromatic nitrogens is 4. The van der Waals surface area contributed by atoms with Gasteiger partial charge in [-0.2, -0.15) is 4.31 Å². The molecule has 1 saturated heterocycles. The van der Waals surface area contributed by atoms with Crippen LogP contribution >= 0.6 is 0 Å². The van der Waals surface area contributed by atoms with Crippen LogP contribution in [0, 0.1) is 13.8 Å². The van der Waals surface area contributed by atoms with Crippen molar-refractivity contribution in [3.63, 3.8) is 0 Å². The molecular weight excluding hydrogens is 384 g/mol. The molecule has 0 saturated carbocycles. The van der Waals surface area contributed by atoms with E-state index in [2.05, 4.69) is 15.4 Å². The van der Waals surface area contributed by atoms with Gasteiger partial charge in [0.2, 0.25) is 10.0 Å². The molecule has 1 fully saturated rings. The Bertz CT molecular complexity index is 992. The third-order valence-electron chi connectivity index (χ3n) is 5.49. The first-order valence-electron chi connectivity index (χ1n) is 9.38. The smallest absolute Gasteiger partial charge is 0.259 e. The molecule has 11 heteroatoms. The van der Waals surface area contributed by atoms with Crippen LogP contribution in [0.5, 0.6) is 0 Å². The molecule has 2 aromatic heterocycles. The second-order valence-electron chi connectivity index (χ2n) is 7.44. The van der Waals surface area contributed by atoms with Crippen molar-refractivity contribution in [2.45, 2.75) is 52.2 Å². The van der Waals surface area contributed by atoms with Crippen molar-refractivity contribution in [1.29, 1.82) is 0 Å². The van der Waals surface area contributed by atoms with Crippen molar-refractivity contribution in [1.82, 2.24) is 29.1 Å². The first kappa shape index (κ1) is 19.1. The number of sulfonamides is 1. The van der Waals surface area contributed by atoms with E-state index in [4.69, 9.17) is 4.52 Å². The van der Waals surface area contributed by atoms with Gasteiger partial charge in [0.1, 0.15) is 11.3 Å². The van der Waals surface area contributed by atoms with Crippen LogP contribution in [0.4, 0.5) is 0 Å². The Morgan fingerprint density at radius 1 is 1.14 bits per heavy atom. The van der Waals surface area contributed by atoms with Gasteiger partial charge in [0.15, 0.2) is 11.6 Å². The molecule has 0 N–H and O–H groups in total. The highest BCUT2D eigenvalue weighted by Crippen LogP contribution is 2.33. The normalized spacial score (nSPS) is 21.0. The van der Waals surface area contributed by atoms with Crippen molar-refractivity contribution >= 4 is 15.9 Å². The minimum atomic E-state index is -3.32. The minimum Gasteiger partial charge on any atom is -0.361 e. The highest BCUT2D eigenvalue weighted by Gasteiger charge is 2.36. The summed E-state index contributed by atoms with van der Waals surface area (Å²) in [7, 11) is -3.32. The Morgan fingerprint density at radius 3 is 2.61 bits per heavy atom. The van der Waals surface area contributed by atoms with Crippen LogP contribution < -0.4 is 0 Å². The van der Waals surface area contributed by atoms with Crippen LogP contribution in [-0.4, -0.2) is 62.8 Å². The van der Waals surface area contributed by atoms with Gasteiger partial charge in [-0.25, -0.2) is 8.42 Å². The zero-order valence-corrected chi connectivity index (χ0v) is 17.1. The molecule has 0 radical (unpaired) electrons. The average Bonchev–Trinajstić information content (AvgIpc) is 3.23. The number of piperidine rings is 1. The highest BCUT2D eigenvalue weighted by molar-refractivity contribution is 7.88. The predicted molar refractivity (Wildman–Crippen MR) is 98.9 cm³/mol. The van der Waals surface area contributed by atoms with Gasteiger partial charge in [-0.05, 0) is 26.7 Å². The van der Waals surface area contributed by atoms with Crippen LogP contribution in [0.25, 0.3) is 0 Å². The van der Waals surface area contributed by atoms with Crippen LogP contribution in [0.15, 0.2) is 4.52 Å². The van der Waals surface area contributed by atoms with E-state index in [1.807, 2.05) is 4.57 Å². The lowest BCUT2D eigenvalue weighted by molar-refractivity contribution is 0.0702. The van der Waals surface area contributed by atoms with Gasteiger partial charge in [0, 0.05) is 19.6 Å². The lowest BCUT2D eigenvalue weighted by atomic mass is 10.0. The number of carbonyl (C=O) groups excluding carboxylic acids is 1. The summed E-state index contributed by atoms with van der Waals surface area (Å²) >= 11 is 0. The summed E-state index contributed by atoms with van der Waals surface area (Å²) in [5.41, 5.74) is 1.06. The Labute approximate surface area is 163 Å². The molecule has 2 aliphatic rings. The summed E-state index contributed by atoms with van der Waals surface area (Å²) in [6.07, 6.45) is 3.77. The number of rotatable bonds is 3. The van der Waals surface area contributed by atoms with E-state index in [0.717, 1.165) is 19.3 Å². The second kappa shape index (κ2) is 6.96. The van der Waals surface area contributed by atoms with Crippen molar-refractivity contribution in [2.24, 2.45) is 0 Å². The molecule has 0 bridgehead atoms. The Kier molecular flexibility index (Phi) is 4.74. The predicted octanol–water partition coefficient (Wildman–Crippen LogP) is 1.03. The van der Waals surface area contributed by atoms with E-state index in [9.17, 15) is 13.2 Å². The molecule has 2 aliphatic heterocycles. The molecule has 4 heterocycles. The van der Waals surface area contributed by atoms with Crippen molar-refractivity contribution < 1.29 is 17.7 Å². The van der Waals surface area contributed by atoms with Crippen LogP contribution in [0.3, 0.4) is 0 Å². The molecule has 28 heavy (non-hydrogen) atoms. The Balaban J connectivity index is 1.59. The largest absolute Gasteiger partial charge is 0.361 e. The fraction of sp³-hybridized carbons (Fsp3) is 0.647. The van der Waals surface area contributed by atoms with Crippen molar-refractivity contribution in [3.05, 3.63) is 28.7 Å². The van der Waals surface area contributed by atoms with Gasteiger partial charge in [0.05, 0.1) is 24.5 Å². The standard InChI is InChI=1S/C17H24N6O4S/c1-11-15(12(2)27-20-11)17(24)21-8-9-22-14(10-21)18-19-16(22)13-6-4-5-7-23(13)28(3,25)26/h13H,4-10H2,1-3H3. The highest BCUT2D eigenvalue weighted by atomic mass is 32.2. The molecule has 0 aromatic carbocycles. The molecular formula is C17H24N6O4S. The number of aryl methyl sites for hydroxylation is 2. The minimum absolute atomic E-state index is 0.137. The van der Waals surface area contributed by atoms with Crippen LogP contribution in [0.1, 0.15) is 58.8 Å². The van der Waals surface area contributed by atoms with E-state index < -0.39 is 10.0 Å². The Morgan fingerprint density at radius 2 is 1.93 bits per heavy atom. The van der Waals surface area contributed by atoms with Gasteiger partial charge >= 0.3 is 0 Å². The van der Waals surface area contributed by atoms with Crippen molar-refractivity contribution in [3.8, 4) is 0 Å². The molecule has 1 amide bonds. The monoisotopic (exact) mass is 408 g/mol. The third-order valence-corrected chi connectivity index (χ3v) is 6.78. The molecule has 0 spiro atoms. The number of fused-ring (bicyclic) bond motifs is 1. The summed E-state index contributed by atoms with van der Waals surface area (Å²) in [4.78, 5) is 14.6. The first-order chi connectivity index (χ1) is 13.3. The summed E-state index contributed by atoms with van der Waals surface area (Å²) in [6, 6.07) is -0.296. The summed E-state index contributed by atoms with van der Waals surface area (Å²) in [5, 5.41) is 12.4. The van der Waals surface area contributed by atoms with E-state index >= 15 is 0 Å². The van der Waals surface area contributed by atoms with Crippen molar-refractivity contribution in [2.75, 3.05) is 19.3 Å². The van der Waals surface area contributed by atoms with Gasteiger partial charge in [-0.15, -0.1) is 10.2 Å². The zero-order chi connectivity index (χ0) is 20.1. The molecule has 10 nitrogen and oxygen atoms in total. The molecule has 152 valence electrons. The fourth-order valence-electron chi connectivity index (χ4n) is 4.11. The summed E-state index contributed by atoms with van der Waals surface area (Å²) in [6.45, 7) is 5.31. The van der Waals surface area contributed by atoms with Crippen LogP contribution in [-0.2, 0) is 23.1 Å². The van der Waals surface area contributed by atoms with Gasteiger partial charge in [-0.1, -0.05) is 11.6 Å². The van der Waals surface area contributed by atoms with Gasteiger partial charge in [0.25, 0.3) is 5.91 Å². The van der Waals surface area contributed by atoms with E-state index in [1.165, 1.54) is 10.6 Å². The van der Waals surface area contributed by atoms with Gasteiger partial charge in [-0.3, -0.25) is 4.79 Å². The van der Waals surface area contributed by atoms with E-state index in [-0.39, 0.29) is 11.9 Å². The van der Waals surface area contributed by atoms with E-state index in [0.29, 0.717) is 54.8 Å². The number of amides is 1. The number of nitrogens with zero attached hydrogens (tertiary/aromatic N) is 6. The maximum Gasteiger partial charge on any atom is 0.259 e. The maximum absolute atomic E-state index is 12.9. The average molecular weight is 408 g/mol. The molecule has 1 atom stereocenters. The second-order valence-corrected chi connectivity index (χ2v) is 9.37. The molecule has 1 unspecified atom stereocenters. The lowest BCUT2D eigenvalue weighted by Crippen LogP contribution is -2.42. The quantitative estimate of drug-likeness (QED) is 0.745. The van der Waals surface area contributed by atoms with Crippen LogP contribution in [0.2, 0.25) is 0 Å². The Hall–Kier alpha value is -2.27.